The molecule has 0 aliphatic heterocycles. The number of benzene rings is 1. The Morgan fingerprint density at radius 3 is 2.25 bits per heavy atom. The molecule has 1 aromatic rings. The van der Waals surface area contributed by atoms with E-state index in [0.29, 0.717) is 5.56 Å². The quantitative estimate of drug-likeness (QED) is 0.602. The van der Waals surface area contributed by atoms with Crippen molar-refractivity contribution in [3.8, 4) is 0 Å². The van der Waals surface area contributed by atoms with Crippen LogP contribution in [-0.4, -0.2) is 6.98 Å². The van der Waals surface area contributed by atoms with Crippen LogP contribution in [0.3, 0.4) is 0 Å². The average Bonchev–Trinajstić information content (AvgIpc) is 1.92. The molecular formula is C7H6BClF3-. The fourth-order valence-electron chi connectivity index (χ4n) is 0.813. The summed E-state index contributed by atoms with van der Waals surface area (Å²) >= 11 is 5.53. The molecule has 0 spiro atoms. The van der Waals surface area contributed by atoms with Crippen LogP contribution in [0.25, 0.3) is 0 Å². The van der Waals surface area contributed by atoms with Crippen LogP contribution in [0.2, 0.25) is 5.02 Å². The molecule has 0 amide bonds. The second kappa shape index (κ2) is 3.01. The maximum atomic E-state index is 12.1. The van der Waals surface area contributed by atoms with E-state index in [9.17, 15) is 12.9 Å². The lowest BCUT2D eigenvalue weighted by atomic mass is 9.80. The molecule has 0 saturated heterocycles. The van der Waals surface area contributed by atoms with Crippen LogP contribution in [0.5, 0.6) is 0 Å². The molecule has 0 nitrogen and oxygen atoms in total. The van der Waals surface area contributed by atoms with E-state index in [1.54, 1.807) is 6.92 Å². The van der Waals surface area contributed by atoms with Crippen LogP contribution in [0, 0.1) is 6.92 Å². The number of halogens is 4. The second-order valence-electron chi connectivity index (χ2n) is 2.58. The van der Waals surface area contributed by atoms with E-state index < -0.39 is 12.4 Å². The van der Waals surface area contributed by atoms with Crippen molar-refractivity contribution in [2.45, 2.75) is 6.92 Å². The van der Waals surface area contributed by atoms with Crippen molar-refractivity contribution in [2.24, 2.45) is 0 Å². The van der Waals surface area contributed by atoms with E-state index in [1.165, 1.54) is 6.07 Å². The van der Waals surface area contributed by atoms with Gasteiger partial charge in [0.2, 0.25) is 0 Å². The Morgan fingerprint density at radius 1 is 1.25 bits per heavy atom. The van der Waals surface area contributed by atoms with E-state index in [-0.39, 0.29) is 5.02 Å². The van der Waals surface area contributed by atoms with Gasteiger partial charge >= 0.3 is 6.98 Å². The third-order valence-corrected chi connectivity index (χ3v) is 1.98. The summed E-state index contributed by atoms with van der Waals surface area (Å²) in [6.45, 7) is -3.26. The van der Waals surface area contributed by atoms with Gasteiger partial charge in [-0.15, -0.1) is 5.46 Å². The predicted octanol–water partition coefficient (Wildman–Crippen LogP) is 2.70. The fourth-order valence-corrected chi connectivity index (χ4v) is 1.00. The third kappa shape index (κ3) is 1.94. The minimum atomic E-state index is -4.92. The Morgan fingerprint density at radius 2 is 1.83 bits per heavy atom. The molecule has 0 aliphatic carbocycles. The lowest BCUT2D eigenvalue weighted by Gasteiger charge is -2.15. The predicted molar refractivity (Wildman–Crippen MR) is 44.9 cm³/mol. The number of hydrogen-bond donors (Lipinski definition) is 0. The number of hydrogen-bond acceptors (Lipinski definition) is 0. The van der Waals surface area contributed by atoms with Crippen LogP contribution < -0.4 is 5.46 Å². The van der Waals surface area contributed by atoms with Gasteiger partial charge in [-0.25, -0.2) is 0 Å². The monoisotopic (exact) mass is 193 g/mol. The van der Waals surface area contributed by atoms with Gasteiger partial charge in [-0.05, 0) is 12.5 Å². The van der Waals surface area contributed by atoms with Crippen molar-refractivity contribution in [3.63, 3.8) is 0 Å². The molecule has 12 heavy (non-hydrogen) atoms. The highest BCUT2D eigenvalue weighted by Gasteiger charge is 2.25. The number of rotatable bonds is 1. The molecule has 5 heteroatoms. The molecule has 0 radical (unpaired) electrons. The summed E-state index contributed by atoms with van der Waals surface area (Å²) in [6, 6.07) is 3.37. The van der Waals surface area contributed by atoms with E-state index >= 15 is 0 Å². The molecule has 0 unspecified atom stereocenters. The van der Waals surface area contributed by atoms with Crippen molar-refractivity contribution >= 4 is 24.0 Å². The van der Waals surface area contributed by atoms with Crippen molar-refractivity contribution in [1.29, 1.82) is 0 Å². The standard InChI is InChI=1S/C7H6BClF3/c1-5-2-3-6(4-7(5)9)8(10,11)12/h2-4H,1H3/q-1. The maximum Gasteiger partial charge on any atom is 0.509 e. The Hall–Kier alpha value is -0.635. The first-order chi connectivity index (χ1) is 5.41. The molecule has 0 aromatic heterocycles. The first-order valence-electron chi connectivity index (χ1n) is 3.37. The van der Waals surface area contributed by atoms with Crippen LogP contribution in [0.4, 0.5) is 12.9 Å². The molecule has 0 heterocycles. The van der Waals surface area contributed by atoms with Gasteiger partial charge in [0, 0.05) is 5.02 Å². The lowest BCUT2D eigenvalue weighted by molar-refractivity contribution is 0.501. The van der Waals surface area contributed by atoms with Gasteiger partial charge in [0.05, 0.1) is 0 Å². The summed E-state index contributed by atoms with van der Waals surface area (Å²) in [7, 11) is 0. The highest BCUT2D eigenvalue weighted by atomic mass is 35.5. The summed E-state index contributed by atoms with van der Waals surface area (Å²) in [5.41, 5.74) is 0.00562. The van der Waals surface area contributed by atoms with Crippen LogP contribution in [0.1, 0.15) is 5.56 Å². The normalized spacial score (nSPS) is 11.8. The zero-order valence-electron chi connectivity index (χ0n) is 6.32. The molecule has 66 valence electrons. The minimum absolute atomic E-state index is 0.159. The van der Waals surface area contributed by atoms with Gasteiger partial charge < -0.3 is 12.9 Å². The van der Waals surface area contributed by atoms with Crippen molar-refractivity contribution in [3.05, 3.63) is 28.8 Å². The van der Waals surface area contributed by atoms with Gasteiger partial charge in [-0.3, -0.25) is 0 Å². The molecule has 0 N–H and O–H groups in total. The Kier molecular flexibility index (Phi) is 2.37. The Balaban J connectivity index is 3.14. The molecule has 0 saturated carbocycles. The third-order valence-electron chi connectivity index (χ3n) is 1.57. The molecule has 0 bridgehead atoms. The van der Waals surface area contributed by atoms with Crippen LogP contribution in [0.15, 0.2) is 18.2 Å². The largest absolute Gasteiger partial charge is 0.509 e. The average molecular weight is 193 g/mol. The van der Waals surface area contributed by atoms with Crippen molar-refractivity contribution in [1.82, 2.24) is 0 Å². The van der Waals surface area contributed by atoms with Gasteiger partial charge in [0.15, 0.2) is 0 Å². The zero-order chi connectivity index (χ0) is 9.35. The highest BCUT2D eigenvalue weighted by molar-refractivity contribution is 6.73. The fraction of sp³-hybridized carbons (Fsp3) is 0.143. The summed E-state index contributed by atoms with van der Waals surface area (Å²) in [4.78, 5) is 0. The Bertz CT molecular complexity index is 295. The van der Waals surface area contributed by atoms with Gasteiger partial charge in [-0.2, -0.15) is 0 Å². The summed E-state index contributed by atoms with van der Waals surface area (Å²) in [5.74, 6) is 0. The molecular weight excluding hydrogens is 187 g/mol. The minimum Gasteiger partial charge on any atom is -0.445 e. The molecule has 0 aliphatic rings. The maximum absolute atomic E-state index is 12.1. The summed E-state index contributed by atoms with van der Waals surface area (Å²) < 4.78 is 36.3. The van der Waals surface area contributed by atoms with Gasteiger partial charge in [0.25, 0.3) is 0 Å². The van der Waals surface area contributed by atoms with E-state index in [2.05, 4.69) is 0 Å². The lowest BCUT2D eigenvalue weighted by Crippen LogP contribution is -2.33. The van der Waals surface area contributed by atoms with Crippen molar-refractivity contribution < 1.29 is 12.9 Å². The van der Waals surface area contributed by atoms with E-state index in [4.69, 9.17) is 11.6 Å². The smallest absolute Gasteiger partial charge is 0.445 e. The van der Waals surface area contributed by atoms with Gasteiger partial charge in [-0.1, -0.05) is 29.8 Å². The molecule has 0 fully saturated rings. The summed E-state index contributed by atoms with van der Waals surface area (Å²) in [5, 5.41) is 0.159. The summed E-state index contributed by atoms with van der Waals surface area (Å²) in [6.07, 6.45) is 0. The zero-order valence-corrected chi connectivity index (χ0v) is 7.08. The highest BCUT2D eigenvalue weighted by Crippen LogP contribution is 2.16. The SMILES string of the molecule is Cc1ccc([B-](F)(F)F)cc1Cl. The van der Waals surface area contributed by atoms with E-state index in [1.807, 2.05) is 0 Å². The van der Waals surface area contributed by atoms with Crippen LogP contribution >= 0.6 is 11.6 Å². The topological polar surface area (TPSA) is 0 Å². The van der Waals surface area contributed by atoms with Crippen molar-refractivity contribution in [2.75, 3.05) is 0 Å². The molecule has 1 rings (SSSR count). The van der Waals surface area contributed by atoms with E-state index in [0.717, 1.165) is 12.1 Å². The second-order valence-corrected chi connectivity index (χ2v) is 2.99. The molecule has 0 atom stereocenters. The van der Waals surface area contributed by atoms with Gasteiger partial charge in [0.1, 0.15) is 0 Å². The Labute approximate surface area is 73.4 Å². The first-order valence-corrected chi connectivity index (χ1v) is 3.75. The first kappa shape index (κ1) is 9.45. The number of aryl methyl sites for hydroxylation is 1. The van der Waals surface area contributed by atoms with Crippen LogP contribution in [-0.2, 0) is 0 Å². The molecule has 1 aromatic carbocycles.